The Labute approximate surface area is 161 Å². The number of rotatable bonds is 7. The molecule has 2 rings (SSSR count). The van der Waals surface area contributed by atoms with Gasteiger partial charge in [-0.05, 0) is 44.0 Å². The van der Waals surface area contributed by atoms with Crippen LogP contribution < -0.4 is 10.6 Å². The molecule has 0 heterocycles. The monoisotopic (exact) mass is 387 g/mol. The molecule has 0 aliphatic carbocycles. The van der Waals surface area contributed by atoms with E-state index in [0.29, 0.717) is 0 Å². The van der Waals surface area contributed by atoms with Gasteiger partial charge in [-0.15, -0.1) is 11.8 Å². The fourth-order valence-corrected chi connectivity index (χ4v) is 3.33. The number of hydrogen-bond donors (Lipinski definition) is 2. The van der Waals surface area contributed by atoms with Gasteiger partial charge >= 0.3 is 0 Å². The fourth-order valence-electron chi connectivity index (χ4n) is 2.60. The summed E-state index contributed by atoms with van der Waals surface area (Å²) in [5.41, 5.74) is 3.84. The van der Waals surface area contributed by atoms with Crippen LogP contribution in [-0.4, -0.2) is 29.0 Å². The SMILES string of the molecule is Cc1cc(C)c(NC(=O)CNC(=O)CSc2ccc([N+](=O)[O-])cc2)c(C)c1. The van der Waals surface area contributed by atoms with Crippen molar-refractivity contribution in [1.29, 1.82) is 0 Å². The number of nitrogens with zero attached hydrogens (tertiary/aromatic N) is 1. The van der Waals surface area contributed by atoms with Gasteiger partial charge in [-0.3, -0.25) is 19.7 Å². The number of thioether (sulfide) groups is 1. The molecule has 0 spiro atoms. The molecule has 7 nitrogen and oxygen atoms in total. The molecule has 0 fully saturated rings. The van der Waals surface area contributed by atoms with Crippen LogP contribution in [0, 0.1) is 30.9 Å². The molecule has 0 saturated carbocycles. The molecule has 142 valence electrons. The number of hydrogen-bond acceptors (Lipinski definition) is 5. The van der Waals surface area contributed by atoms with Gasteiger partial charge in [0.1, 0.15) is 0 Å². The first-order valence-corrected chi connectivity index (χ1v) is 9.26. The van der Waals surface area contributed by atoms with Crippen LogP contribution in [0.15, 0.2) is 41.3 Å². The third-order valence-electron chi connectivity index (χ3n) is 3.81. The number of benzene rings is 2. The number of aryl methyl sites for hydroxylation is 3. The van der Waals surface area contributed by atoms with Gasteiger partial charge in [-0.2, -0.15) is 0 Å². The molecular weight excluding hydrogens is 366 g/mol. The zero-order chi connectivity index (χ0) is 20.0. The Kier molecular flexibility index (Phi) is 6.95. The van der Waals surface area contributed by atoms with Crippen LogP contribution in [0.5, 0.6) is 0 Å². The van der Waals surface area contributed by atoms with E-state index in [2.05, 4.69) is 10.6 Å². The summed E-state index contributed by atoms with van der Waals surface area (Å²) < 4.78 is 0. The van der Waals surface area contributed by atoms with Crippen molar-refractivity contribution < 1.29 is 14.5 Å². The second-order valence-electron chi connectivity index (χ2n) is 6.14. The maximum atomic E-state index is 12.1. The van der Waals surface area contributed by atoms with Crippen LogP contribution in [0.4, 0.5) is 11.4 Å². The first-order valence-electron chi connectivity index (χ1n) is 8.28. The molecule has 0 bridgehead atoms. The van der Waals surface area contributed by atoms with Crippen molar-refractivity contribution >= 4 is 35.0 Å². The molecule has 0 atom stereocenters. The van der Waals surface area contributed by atoms with Crippen LogP contribution in [-0.2, 0) is 9.59 Å². The minimum atomic E-state index is -0.475. The lowest BCUT2D eigenvalue weighted by atomic mass is 10.1. The van der Waals surface area contributed by atoms with Crippen molar-refractivity contribution in [2.75, 3.05) is 17.6 Å². The summed E-state index contributed by atoms with van der Waals surface area (Å²) in [5, 5.41) is 16.0. The lowest BCUT2D eigenvalue weighted by molar-refractivity contribution is -0.384. The lowest BCUT2D eigenvalue weighted by Gasteiger charge is -2.13. The van der Waals surface area contributed by atoms with E-state index in [1.165, 1.54) is 23.9 Å². The molecule has 8 heteroatoms. The summed E-state index contributed by atoms with van der Waals surface area (Å²) in [7, 11) is 0. The Morgan fingerprint density at radius 1 is 1.04 bits per heavy atom. The number of carbonyl (C=O) groups excluding carboxylic acids is 2. The van der Waals surface area contributed by atoms with E-state index in [0.717, 1.165) is 27.3 Å². The number of nitrogens with one attached hydrogen (secondary N) is 2. The standard InChI is InChI=1S/C19H21N3O4S/c1-12-8-13(2)19(14(3)9-12)21-17(23)10-20-18(24)11-27-16-6-4-15(5-7-16)22(25)26/h4-9H,10-11H2,1-3H3,(H,20,24)(H,21,23). The Morgan fingerprint density at radius 2 is 1.63 bits per heavy atom. The predicted octanol–water partition coefficient (Wildman–Crippen LogP) is 3.37. The van der Waals surface area contributed by atoms with E-state index in [1.54, 1.807) is 12.1 Å². The number of nitro benzene ring substituents is 1. The van der Waals surface area contributed by atoms with E-state index in [9.17, 15) is 19.7 Å². The molecule has 2 N–H and O–H groups in total. The summed E-state index contributed by atoms with van der Waals surface area (Å²) in [6, 6.07) is 9.93. The summed E-state index contributed by atoms with van der Waals surface area (Å²) in [5.74, 6) is -0.460. The first kappa shape index (κ1) is 20.4. The third-order valence-corrected chi connectivity index (χ3v) is 4.82. The molecule has 0 aromatic heterocycles. The molecule has 0 unspecified atom stereocenters. The maximum Gasteiger partial charge on any atom is 0.269 e. The second kappa shape index (κ2) is 9.18. The van der Waals surface area contributed by atoms with Crippen molar-refractivity contribution in [2.45, 2.75) is 25.7 Å². The van der Waals surface area contributed by atoms with Crippen LogP contribution in [0.3, 0.4) is 0 Å². The molecule has 2 amide bonds. The van der Waals surface area contributed by atoms with Crippen LogP contribution in [0.1, 0.15) is 16.7 Å². The molecule has 0 saturated heterocycles. The van der Waals surface area contributed by atoms with Crippen LogP contribution in [0.2, 0.25) is 0 Å². The third kappa shape index (κ3) is 6.10. The summed E-state index contributed by atoms with van der Waals surface area (Å²) in [4.78, 5) is 34.9. The molecule has 0 radical (unpaired) electrons. The molecule has 27 heavy (non-hydrogen) atoms. The fraction of sp³-hybridized carbons (Fsp3) is 0.263. The number of amides is 2. The molecule has 0 aliphatic heterocycles. The number of non-ortho nitro benzene ring substituents is 1. The van der Waals surface area contributed by atoms with E-state index in [1.807, 2.05) is 32.9 Å². The smallest absolute Gasteiger partial charge is 0.269 e. The Bertz CT molecular complexity index is 843. The Morgan fingerprint density at radius 3 is 2.19 bits per heavy atom. The second-order valence-corrected chi connectivity index (χ2v) is 7.19. The highest BCUT2D eigenvalue weighted by Crippen LogP contribution is 2.22. The average Bonchev–Trinajstić information content (AvgIpc) is 2.61. The van der Waals surface area contributed by atoms with Gasteiger partial charge in [0.15, 0.2) is 0 Å². The number of anilines is 1. The average molecular weight is 387 g/mol. The number of carbonyl (C=O) groups is 2. The normalized spacial score (nSPS) is 10.3. The minimum absolute atomic E-state index is 0.00200. The zero-order valence-corrected chi connectivity index (χ0v) is 16.2. The topological polar surface area (TPSA) is 101 Å². The van der Waals surface area contributed by atoms with E-state index in [4.69, 9.17) is 0 Å². The highest BCUT2D eigenvalue weighted by Gasteiger charge is 2.11. The Balaban J connectivity index is 1.80. The molecule has 0 aliphatic rings. The first-order chi connectivity index (χ1) is 12.8. The van der Waals surface area contributed by atoms with Crippen molar-refractivity contribution in [3.05, 3.63) is 63.2 Å². The van der Waals surface area contributed by atoms with Crippen molar-refractivity contribution in [1.82, 2.24) is 5.32 Å². The van der Waals surface area contributed by atoms with Gasteiger partial charge in [0.2, 0.25) is 11.8 Å². The minimum Gasteiger partial charge on any atom is -0.346 e. The molecule has 2 aromatic rings. The number of nitro groups is 1. The highest BCUT2D eigenvalue weighted by molar-refractivity contribution is 8.00. The van der Waals surface area contributed by atoms with Crippen LogP contribution >= 0.6 is 11.8 Å². The van der Waals surface area contributed by atoms with Crippen molar-refractivity contribution in [2.24, 2.45) is 0 Å². The summed E-state index contributed by atoms with van der Waals surface area (Å²) in [6.45, 7) is 5.73. The predicted molar refractivity (Wildman–Crippen MR) is 106 cm³/mol. The molecule has 2 aromatic carbocycles. The highest BCUT2D eigenvalue weighted by atomic mass is 32.2. The quantitative estimate of drug-likeness (QED) is 0.431. The van der Waals surface area contributed by atoms with Gasteiger partial charge in [0.05, 0.1) is 17.2 Å². The van der Waals surface area contributed by atoms with Crippen molar-refractivity contribution in [3.63, 3.8) is 0 Å². The largest absolute Gasteiger partial charge is 0.346 e. The van der Waals surface area contributed by atoms with Crippen molar-refractivity contribution in [3.8, 4) is 0 Å². The van der Waals surface area contributed by atoms with Gasteiger partial charge in [0.25, 0.3) is 5.69 Å². The Hall–Kier alpha value is -2.87. The molecular formula is C19H21N3O4S. The summed E-state index contributed by atoms with van der Waals surface area (Å²) >= 11 is 1.24. The van der Waals surface area contributed by atoms with Gasteiger partial charge in [0, 0.05) is 22.7 Å². The van der Waals surface area contributed by atoms with Gasteiger partial charge in [-0.25, -0.2) is 0 Å². The summed E-state index contributed by atoms with van der Waals surface area (Å²) in [6.07, 6.45) is 0. The zero-order valence-electron chi connectivity index (χ0n) is 15.4. The lowest BCUT2D eigenvalue weighted by Crippen LogP contribution is -2.34. The van der Waals surface area contributed by atoms with E-state index in [-0.39, 0.29) is 29.8 Å². The van der Waals surface area contributed by atoms with E-state index < -0.39 is 4.92 Å². The maximum absolute atomic E-state index is 12.1. The van der Waals surface area contributed by atoms with Gasteiger partial charge in [-0.1, -0.05) is 17.7 Å². The van der Waals surface area contributed by atoms with E-state index >= 15 is 0 Å². The van der Waals surface area contributed by atoms with Crippen LogP contribution in [0.25, 0.3) is 0 Å². The van der Waals surface area contributed by atoms with Gasteiger partial charge < -0.3 is 10.6 Å².